The van der Waals surface area contributed by atoms with Gasteiger partial charge in [0, 0.05) is 140 Å². The van der Waals surface area contributed by atoms with Crippen LogP contribution in [0.15, 0.2) is 443 Å². The van der Waals surface area contributed by atoms with Gasteiger partial charge in [-0.3, -0.25) is 0 Å². The van der Waals surface area contributed by atoms with E-state index in [2.05, 4.69) is 537 Å². The lowest BCUT2D eigenvalue weighted by molar-refractivity contribution is 0.868. The van der Waals surface area contributed by atoms with Crippen LogP contribution in [0, 0.1) is 6.92 Å². The molecule has 18 aromatic carbocycles. The van der Waals surface area contributed by atoms with Crippen molar-refractivity contribution < 1.29 is 0 Å². The van der Waals surface area contributed by atoms with E-state index in [1.165, 1.54) is 189 Å². The molecule has 22 rings (SSSR count). The number of para-hydroxylation sites is 8. The van der Waals surface area contributed by atoms with Gasteiger partial charge in [-0.15, -0.1) is 0 Å². The summed E-state index contributed by atoms with van der Waals surface area (Å²) in [4.78, 5) is 8.98. The number of fused-ring (bicyclic) bond motifs is 12. The molecular formula is C118H100N8. The number of aryl methyl sites for hydroxylation is 2. The van der Waals surface area contributed by atoms with Gasteiger partial charge in [0.1, 0.15) is 0 Å². The Bertz CT molecular complexity index is 7570. The van der Waals surface area contributed by atoms with Gasteiger partial charge in [0.2, 0.25) is 0 Å². The van der Waals surface area contributed by atoms with Crippen LogP contribution in [0.1, 0.15) is 43.4 Å². The molecule has 0 saturated heterocycles. The molecule has 0 aliphatic carbocycles. The van der Waals surface area contributed by atoms with Gasteiger partial charge >= 0.3 is 0 Å². The third-order valence-corrected chi connectivity index (χ3v) is 24.8. The van der Waals surface area contributed by atoms with Crippen molar-refractivity contribution in [2.75, 3.05) is 47.8 Å². The van der Waals surface area contributed by atoms with Gasteiger partial charge in [-0.2, -0.15) is 0 Å². The number of benzene rings is 18. The second kappa shape index (κ2) is 35.4. The zero-order chi connectivity index (χ0) is 85.7. The minimum Gasteiger partial charge on any atom is -0.345 e. The lowest BCUT2D eigenvalue weighted by atomic mass is 9.94. The monoisotopic (exact) mass is 1630 g/mol. The predicted molar refractivity (Wildman–Crippen MR) is 540 cm³/mol. The summed E-state index contributed by atoms with van der Waals surface area (Å²) in [6.45, 7) is 8.88. The van der Waals surface area contributed by atoms with Crippen molar-refractivity contribution in [2.45, 2.75) is 40.0 Å². The normalized spacial score (nSPS) is 11.3. The summed E-state index contributed by atoms with van der Waals surface area (Å²) in [6, 6.07) is 158. The van der Waals surface area contributed by atoms with Crippen LogP contribution in [0.4, 0.5) is 45.5 Å². The molecule has 0 N–H and O–H groups in total. The minimum atomic E-state index is 0.500. The summed E-state index contributed by atoms with van der Waals surface area (Å²) in [5, 5.41) is 10.3. The van der Waals surface area contributed by atoms with Crippen LogP contribution in [0.25, 0.3) is 132 Å². The van der Waals surface area contributed by atoms with Crippen LogP contribution >= 0.6 is 0 Å². The fourth-order valence-corrected chi connectivity index (χ4v) is 18.0. The zero-order valence-corrected chi connectivity index (χ0v) is 72.5. The summed E-state index contributed by atoms with van der Waals surface area (Å²) >= 11 is 0. The van der Waals surface area contributed by atoms with Crippen LogP contribution in [-0.4, -0.2) is 46.5 Å². The Labute approximate surface area is 738 Å². The minimum absolute atomic E-state index is 0.500. The van der Waals surface area contributed by atoms with Crippen molar-refractivity contribution in [3.05, 3.63) is 460 Å². The molecule has 0 unspecified atom stereocenters. The van der Waals surface area contributed by atoms with E-state index >= 15 is 0 Å². The Kier molecular flexibility index (Phi) is 22.5. The molecule has 0 spiro atoms. The van der Waals surface area contributed by atoms with E-state index in [1.54, 1.807) is 0 Å². The third-order valence-electron chi connectivity index (χ3n) is 24.8. The summed E-state index contributed by atoms with van der Waals surface area (Å²) in [7, 11) is 8.52. The topological polar surface area (TPSA) is 32.7 Å². The van der Waals surface area contributed by atoms with E-state index in [0.29, 0.717) is 5.92 Å². The molecule has 0 radical (unpaired) electrons. The molecule has 612 valence electrons. The maximum Gasteiger partial charge on any atom is 0.0542 e. The lowest BCUT2D eigenvalue weighted by Crippen LogP contribution is -2.08. The van der Waals surface area contributed by atoms with Gasteiger partial charge in [0.25, 0.3) is 0 Å². The molecule has 8 heteroatoms. The predicted octanol–water partition coefficient (Wildman–Crippen LogP) is 31.5. The highest BCUT2D eigenvalue weighted by molar-refractivity contribution is 6.15. The molecule has 0 bridgehead atoms. The average molecular weight is 1630 g/mol. The molecule has 0 atom stereocenters. The van der Waals surface area contributed by atoms with Crippen LogP contribution in [0.5, 0.6) is 0 Å². The number of hydrogen-bond donors (Lipinski definition) is 0. The average Bonchev–Trinajstić information content (AvgIpc) is 1.60. The van der Waals surface area contributed by atoms with Gasteiger partial charge in [0.05, 0.1) is 44.1 Å². The molecular weight excluding hydrogens is 1530 g/mol. The maximum absolute atomic E-state index is 2.38. The van der Waals surface area contributed by atoms with E-state index in [1.807, 2.05) is 0 Å². The number of rotatable bonds is 16. The fraction of sp³-hybridized carbons (Fsp3) is 0.0847. The number of aromatic nitrogens is 4. The first-order chi connectivity index (χ1) is 61.9. The van der Waals surface area contributed by atoms with Gasteiger partial charge in [-0.25, -0.2) is 0 Å². The third kappa shape index (κ3) is 15.8. The number of hydrogen-bond acceptors (Lipinski definition) is 4. The lowest BCUT2D eigenvalue weighted by Gasteiger charge is -2.19. The number of anilines is 8. The molecule has 0 amide bonds. The van der Waals surface area contributed by atoms with Gasteiger partial charge < -0.3 is 37.9 Å². The SMILES string of the molecule is CC(C)c1ccc2c(c1)c1cc(N(C)c3ccccc3)ccc1n2-c1ccccc1.CCc1ccc2c(c1)c1cc(N(C)c3ccccc3)ccc1n2-c1ccccc1.CN(c1ccccc1)c1ccc2c(c1)c1cc(-c3ccccc3-c3ccccc3)ccc1n2-c1ccccc1.Cc1ccc2c(c1)c1cc(N(C)c3ccccc3)ccc1n2-c1ccccc1. The van der Waals surface area contributed by atoms with Crippen molar-refractivity contribution in [1.82, 2.24) is 18.3 Å². The van der Waals surface area contributed by atoms with E-state index in [9.17, 15) is 0 Å². The van der Waals surface area contributed by atoms with Crippen LogP contribution in [0.2, 0.25) is 0 Å². The molecule has 4 heterocycles. The van der Waals surface area contributed by atoms with Gasteiger partial charge in [0.15, 0.2) is 0 Å². The first-order valence-electron chi connectivity index (χ1n) is 43.7. The van der Waals surface area contributed by atoms with Crippen LogP contribution < -0.4 is 19.6 Å². The Morgan fingerprint density at radius 2 is 0.468 bits per heavy atom. The Balaban J connectivity index is 0.000000111. The van der Waals surface area contributed by atoms with E-state index in [0.717, 1.165) is 12.1 Å². The highest BCUT2D eigenvalue weighted by Gasteiger charge is 2.22. The van der Waals surface area contributed by atoms with Crippen LogP contribution in [-0.2, 0) is 6.42 Å². The molecule has 8 nitrogen and oxygen atoms in total. The van der Waals surface area contributed by atoms with E-state index in [-0.39, 0.29) is 0 Å². The zero-order valence-electron chi connectivity index (χ0n) is 72.5. The van der Waals surface area contributed by atoms with E-state index in [4.69, 9.17) is 0 Å². The Morgan fingerprint density at radius 1 is 0.214 bits per heavy atom. The largest absolute Gasteiger partial charge is 0.345 e. The Morgan fingerprint density at radius 3 is 0.802 bits per heavy atom. The highest BCUT2D eigenvalue weighted by atomic mass is 15.1. The number of nitrogens with zero attached hydrogens (tertiary/aromatic N) is 8. The summed E-state index contributed by atoms with van der Waals surface area (Å²) in [5.41, 5.74) is 33.0. The molecule has 0 aliphatic rings. The molecule has 126 heavy (non-hydrogen) atoms. The highest BCUT2D eigenvalue weighted by Crippen LogP contribution is 2.44. The van der Waals surface area contributed by atoms with Crippen molar-refractivity contribution in [3.63, 3.8) is 0 Å². The first kappa shape index (κ1) is 80.1. The molecule has 0 fully saturated rings. The summed E-state index contributed by atoms with van der Waals surface area (Å²) in [6.07, 6.45) is 1.04. The van der Waals surface area contributed by atoms with Gasteiger partial charge in [-0.1, -0.05) is 251 Å². The maximum atomic E-state index is 2.38. The van der Waals surface area contributed by atoms with Gasteiger partial charge in [-0.05, 0) is 271 Å². The summed E-state index contributed by atoms with van der Waals surface area (Å²) in [5.74, 6) is 0.500. The van der Waals surface area contributed by atoms with Crippen molar-refractivity contribution in [1.29, 1.82) is 0 Å². The first-order valence-corrected chi connectivity index (χ1v) is 43.7. The van der Waals surface area contributed by atoms with E-state index < -0.39 is 0 Å². The van der Waals surface area contributed by atoms with Crippen LogP contribution in [0.3, 0.4) is 0 Å². The van der Waals surface area contributed by atoms with Crippen molar-refractivity contribution in [3.8, 4) is 45.0 Å². The summed E-state index contributed by atoms with van der Waals surface area (Å²) < 4.78 is 9.48. The standard InChI is InChI=1S/C37H28N2.C28H26N2.C27H24N2.C26H22N2/c1-38(29-15-7-3-8-16-29)31-22-24-37-35(26-31)34-25-28(21-23-36(34)39(37)30-17-9-4-10-18-30)33-20-12-11-19-32(33)27-13-5-2-6-14-27;1-20(2)21-14-16-27-25(18-21)26-19-24(29(3)22-10-6-4-7-11-22)15-17-28(26)30(27)23-12-8-5-9-13-23;1-3-20-14-16-26-24(18-20)25-19-23(28(2)21-10-6-4-7-11-21)15-17-27(25)29(26)22-12-8-5-9-13-22;1-19-13-15-25-23(17-19)24-18-22(27(2)20-9-5-3-6-10-20)14-16-26(24)28(25)21-11-7-4-8-12-21/h2-26H,1H3;4-20H,1-3H3;4-19H,3H2,1-2H3;3-18H,1-2H3. The molecule has 0 saturated carbocycles. The Hall–Kier alpha value is -15.6. The second-order valence-corrected chi connectivity index (χ2v) is 32.9. The van der Waals surface area contributed by atoms with Crippen molar-refractivity contribution in [2.24, 2.45) is 0 Å². The smallest absolute Gasteiger partial charge is 0.0542 e. The second-order valence-electron chi connectivity index (χ2n) is 32.9. The quantitative estimate of drug-likeness (QED) is 0.0965. The fourth-order valence-electron chi connectivity index (χ4n) is 18.0. The molecule has 4 aromatic heterocycles. The molecule has 0 aliphatic heterocycles. The van der Waals surface area contributed by atoms with Crippen molar-refractivity contribution >= 4 is 133 Å². The molecule has 22 aromatic rings.